The summed E-state index contributed by atoms with van der Waals surface area (Å²) >= 11 is 3.11. The van der Waals surface area contributed by atoms with E-state index in [-0.39, 0.29) is 30.1 Å². The van der Waals surface area contributed by atoms with Gasteiger partial charge in [-0.1, -0.05) is 0 Å². The van der Waals surface area contributed by atoms with E-state index in [1.807, 2.05) is 0 Å². The zero-order valence-corrected chi connectivity index (χ0v) is 13.7. The summed E-state index contributed by atoms with van der Waals surface area (Å²) in [5.74, 6) is -0.859. The van der Waals surface area contributed by atoms with E-state index < -0.39 is 5.91 Å². The molecule has 7 nitrogen and oxygen atoms in total. The summed E-state index contributed by atoms with van der Waals surface area (Å²) in [6.07, 6.45) is 1.16. The maximum Gasteiger partial charge on any atom is 0.308 e. The lowest BCUT2D eigenvalue weighted by atomic mass is 9.97. The van der Waals surface area contributed by atoms with Crippen LogP contribution in [0.2, 0.25) is 0 Å². The predicted octanol–water partition coefficient (Wildman–Crippen LogP) is 1.18. The molecule has 120 valence electrons. The molecule has 0 spiro atoms. The molecule has 2 rings (SSSR count). The third-order valence-corrected chi connectivity index (χ3v) is 4.01. The van der Waals surface area contributed by atoms with Gasteiger partial charge in [0.25, 0.3) is 5.91 Å². The molecule has 0 bridgehead atoms. The molecule has 0 aliphatic carbocycles. The molecule has 1 fully saturated rings. The van der Waals surface area contributed by atoms with E-state index in [4.69, 9.17) is 9.15 Å². The molecular formula is C14H17BrN2O5. The molecule has 0 atom stereocenters. The minimum absolute atomic E-state index is 0.0972. The Morgan fingerprint density at radius 2 is 2.05 bits per heavy atom. The van der Waals surface area contributed by atoms with Crippen LogP contribution in [0, 0.1) is 5.92 Å². The molecular weight excluding hydrogens is 356 g/mol. The monoisotopic (exact) mass is 372 g/mol. The van der Waals surface area contributed by atoms with Crippen LogP contribution in [-0.4, -0.2) is 49.4 Å². The lowest BCUT2D eigenvalue weighted by Gasteiger charge is -2.30. The van der Waals surface area contributed by atoms with Gasteiger partial charge in [0.05, 0.1) is 19.6 Å². The average Bonchev–Trinajstić information content (AvgIpc) is 2.98. The van der Waals surface area contributed by atoms with Gasteiger partial charge in [0, 0.05) is 13.1 Å². The maximum atomic E-state index is 12.0. The highest BCUT2D eigenvalue weighted by Crippen LogP contribution is 2.18. The van der Waals surface area contributed by atoms with Crippen molar-refractivity contribution in [1.29, 1.82) is 0 Å². The van der Waals surface area contributed by atoms with Gasteiger partial charge in [-0.3, -0.25) is 14.4 Å². The van der Waals surface area contributed by atoms with Gasteiger partial charge in [-0.25, -0.2) is 0 Å². The number of halogens is 1. The van der Waals surface area contributed by atoms with Crippen molar-refractivity contribution in [1.82, 2.24) is 10.2 Å². The number of furan rings is 1. The fraction of sp³-hybridized carbons (Fsp3) is 0.500. The molecule has 1 N–H and O–H groups in total. The van der Waals surface area contributed by atoms with Crippen LogP contribution in [0.3, 0.4) is 0 Å². The molecule has 1 saturated heterocycles. The van der Waals surface area contributed by atoms with Crippen LogP contribution in [0.4, 0.5) is 0 Å². The van der Waals surface area contributed by atoms with Crippen molar-refractivity contribution in [2.45, 2.75) is 12.8 Å². The Bertz CT molecular complexity index is 563. The minimum Gasteiger partial charge on any atom is -0.469 e. The Morgan fingerprint density at radius 1 is 1.36 bits per heavy atom. The highest BCUT2D eigenvalue weighted by atomic mass is 79.9. The van der Waals surface area contributed by atoms with Gasteiger partial charge in [-0.05, 0) is 40.9 Å². The lowest BCUT2D eigenvalue weighted by Crippen LogP contribution is -2.45. The fourth-order valence-corrected chi connectivity index (χ4v) is 2.63. The number of piperidine rings is 1. The van der Waals surface area contributed by atoms with E-state index in [2.05, 4.69) is 21.2 Å². The first-order valence-electron chi connectivity index (χ1n) is 6.90. The number of carbonyl (C=O) groups is 3. The maximum absolute atomic E-state index is 12.0. The van der Waals surface area contributed by atoms with Crippen LogP contribution in [0.25, 0.3) is 0 Å². The molecule has 0 radical (unpaired) electrons. The number of nitrogens with zero attached hydrogens (tertiary/aromatic N) is 1. The van der Waals surface area contributed by atoms with Gasteiger partial charge in [-0.15, -0.1) is 0 Å². The minimum atomic E-state index is -0.441. The van der Waals surface area contributed by atoms with Crippen LogP contribution < -0.4 is 5.32 Å². The first-order chi connectivity index (χ1) is 10.5. The van der Waals surface area contributed by atoms with Crippen LogP contribution in [0.15, 0.2) is 21.2 Å². The van der Waals surface area contributed by atoms with E-state index in [1.165, 1.54) is 13.2 Å². The number of rotatable bonds is 4. The number of ether oxygens (including phenoxy) is 1. The highest BCUT2D eigenvalue weighted by Gasteiger charge is 2.27. The van der Waals surface area contributed by atoms with Gasteiger partial charge in [0.2, 0.25) is 5.91 Å². The smallest absolute Gasteiger partial charge is 0.308 e. The molecule has 1 aromatic heterocycles. The van der Waals surface area contributed by atoms with Crippen LogP contribution in [-0.2, 0) is 14.3 Å². The molecule has 1 aliphatic heterocycles. The van der Waals surface area contributed by atoms with Crippen LogP contribution >= 0.6 is 15.9 Å². The number of hydrogen-bond acceptors (Lipinski definition) is 5. The Balaban J connectivity index is 1.76. The number of esters is 1. The van der Waals surface area contributed by atoms with Crippen molar-refractivity contribution in [3.8, 4) is 0 Å². The van der Waals surface area contributed by atoms with E-state index >= 15 is 0 Å². The fourth-order valence-electron chi connectivity index (χ4n) is 2.32. The van der Waals surface area contributed by atoms with Crippen molar-refractivity contribution in [2.75, 3.05) is 26.7 Å². The topological polar surface area (TPSA) is 88.9 Å². The molecule has 1 aromatic rings. The number of likely N-dealkylation sites (tertiary alicyclic amines) is 1. The normalized spacial score (nSPS) is 15.5. The van der Waals surface area contributed by atoms with Gasteiger partial charge >= 0.3 is 5.97 Å². The molecule has 8 heteroatoms. The molecule has 2 amide bonds. The van der Waals surface area contributed by atoms with E-state index in [1.54, 1.807) is 11.0 Å². The van der Waals surface area contributed by atoms with E-state index in [0.717, 1.165) is 0 Å². The summed E-state index contributed by atoms with van der Waals surface area (Å²) in [5, 5.41) is 2.52. The summed E-state index contributed by atoms with van der Waals surface area (Å²) in [4.78, 5) is 36.9. The van der Waals surface area contributed by atoms with Gasteiger partial charge in [0.1, 0.15) is 0 Å². The Labute approximate surface area is 136 Å². The van der Waals surface area contributed by atoms with Crippen molar-refractivity contribution < 1.29 is 23.5 Å². The molecule has 2 heterocycles. The van der Waals surface area contributed by atoms with Crippen molar-refractivity contribution in [3.63, 3.8) is 0 Å². The van der Waals surface area contributed by atoms with Crippen molar-refractivity contribution in [3.05, 3.63) is 22.6 Å². The number of hydrogen-bond donors (Lipinski definition) is 1. The molecule has 1 aliphatic rings. The third kappa shape index (κ3) is 4.09. The Morgan fingerprint density at radius 3 is 2.59 bits per heavy atom. The van der Waals surface area contributed by atoms with Crippen LogP contribution in [0.1, 0.15) is 23.4 Å². The van der Waals surface area contributed by atoms with Crippen molar-refractivity contribution in [2.24, 2.45) is 5.92 Å². The highest BCUT2D eigenvalue weighted by molar-refractivity contribution is 9.10. The summed E-state index contributed by atoms with van der Waals surface area (Å²) in [5.41, 5.74) is 0. The number of nitrogens with one attached hydrogen (secondary N) is 1. The number of amides is 2. The first-order valence-corrected chi connectivity index (χ1v) is 7.69. The zero-order chi connectivity index (χ0) is 16.1. The standard InChI is InChI=1S/C14H17BrN2O5/c1-21-14(20)9-4-6-17(7-5-9)12(18)8-16-13(19)10-2-3-11(15)22-10/h2-3,9H,4-8H2,1H3,(H,16,19). The second-order valence-electron chi connectivity index (χ2n) is 4.96. The third-order valence-electron chi connectivity index (χ3n) is 3.58. The Hall–Kier alpha value is -1.83. The molecule has 0 saturated carbocycles. The van der Waals surface area contributed by atoms with Crippen LogP contribution in [0.5, 0.6) is 0 Å². The van der Waals surface area contributed by atoms with Gasteiger partial charge < -0.3 is 19.4 Å². The SMILES string of the molecule is COC(=O)C1CCN(C(=O)CNC(=O)c2ccc(Br)o2)CC1. The number of carbonyl (C=O) groups excluding carboxylic acids is 3. The second kappa shape index (κ2) is 7.44. The quantitative estimate of drug-likeness (QED) is 0.801. The Kier molecular flexibility index (Phi) is 5.59. The largest absolute Gasteiger partial charge is 0.469 e. The molecule has 22 heavy (non-hydrogen) atoms. The zero-order valence-electron chi connectivity index (χ0n) is 12.1. The lowest BCUT2D eigenvalue weighted by molar-refractivity contribution is -0.148. The summed E-state index contributed by atoms with van der Waals surface area (Å²) in [7, 11) is 1.36. The molecule has 0 unspecified atom stereocenters. The summed E-state index contributed by atoms with van der Waals surface area (Å²) in [6, 6.07) is 3.13. The predicted molar refractivity (Wildman–Crippen MR) is 80.1 cm³/mol. The van der Waals surface area contributed by atoms with E-state index in [0.29, 0.717) is 30.6 Å². The number of methoxy groups -OCH3 is 1. The van der Waals surface area contributed by atoms with Gasteiger partial charge in [0.15, 0.2) is 10.4 Å². The summed E-state index contributed by atoms with van der Waals surface area (Å²) < 4.78 is 10.3. The average molecular weight is 373 g/mol. The molecule has 0 aromatic carbocycles. The second-order valence-corrected chi connectivity index (χ2v) is 5.75. The van der Waals surface area contributed by atoms with Crippen molar-refractivity contribution >= 4 is 33.7 Å². The summed E-state index contributed by atoms with van der Waals surface area (Å²) in [6.45, 7) is 0.877. The van der Waals surface area contributed by atoms with E-state index in [9.17, 15) is 14.4 Å². The first kappa shape index (κ1) is 16.5. The van der Waals surface area contributed by atoms with Gasteiger partial charge in [-0.2, -0.15) is 0 Å².